The summed E-state index contributed by atoms with van der Waals surface area (Å²) in [5, 5.41) is 8.82. The summed E-state index contributed by atoms with van der Waals surface area (Å²) in [6, 6.07) is 0. The maximum absolute atomic E-state index is 12.0. The minimum atomic E-state index is -3.38. The molecule has 0 aliphatic carbocycles. The number of nitrogens with zero attached hydrogens (tertiary/aromatic N) is 1. The number of sulfonamides is 1. The Morgan fingerprint density at radius 1 is 1.27 bits per heavy atom. The molecule has 92 valence electrons. The van der Waals surface area contributed by atoms with Crippen LogP contribution < -0.4 is 0 Å². The molecule has 0 atom stereocenters. The number of aliphatic hydroxyl groups is 1. The fourth-order valence-electron chi connectivity index (χ4n) is 1.04. The second kappa shape index (κ2) is 5.79. The summed E-state index contributed by atoms with van der Waals surface area (Å²) in [6.45, 7) is 5.45. The van der Waals surface area contributed by atoms with Gasteiger partial charge in [-0.05, 0) is 20.8 Å². The molecule has 0 spiro atoms. The summed E-state index contributed by atoms with van der Waals surface area (Å²) in [5.41, 5.74) is 0. The average Bonchev–Trinajstić information content (AvgIpc) is 2.10. The van der Waals surface area contributed by atoms with E-state index in [4.69, 9.17) is 9.84 Å². The number of rotatable bonds is 6. The van der Waals surface area contributed by atoms with Gasteiger partial charge in [-0.25, -0.2) is 8.42 Å². The van der Waals surface area contributed by atoms with E-state index in [1.54, 1.807) is 20.8 Å². The number of hydrogen-bond acceptors (Lipinski definition) is 4. The van der Waals surface area contributed by atoms with Crippen LogP contribution in [0.1, 0.15) is 20.8 Å². The van der Waals surface area contributed by atoms with Crippen LogP contribution in [-0.2, 0) is 14.8 Å². The van der Waals surface area contributed by atoms with Crippen LogP contribution in [0.4, 0.5) is 0 Å². The second-order valence-corrected chi connectivity index (χ2v) is 6.92. The van der Waals surface area contributed by atoms with Crippen molar-refractivity contribution >= 4 is 10.0 Å². The van der Waals surface area contributed by atoms with Gasteiger partial charge in [0.25, 0.3) is 0 Å². The highest BCUT2D eigenvalue weighted by molar-refractivity contribution is 7.90. The number of aliphatic hydroxyl groups excluding tert-OH is 1. The first-order valence-electron chi connectivity index (χ1n) is 4.87. The zero-order valence-corrected chi connectivity index (χ0v) is 10.7. The third kappa shape index (κ3) is 4.06. The summed E-state index contributed by atoms with van der Waals surface area (Å²) < 4.78 is 29.3. The zero-order valence-electron chi connectivity index (χ0n) is 9.86. The van der Waals surface area contributed by atoms with Gasteiger partial charge in [-0.1, -0.05) is 0 Å². The predicted octanol–water partition coefficient (Wildman–Crippen LogP) is 0.0554. The first-order valence-corrected chi connectivity index (χ1v) is 6.31. The minimum Gasteiger partial charge on any atom is -0.395 e. The Labute approximate surface area is 92.1 Å². The van der Waals surface area contributed by atoms with E-state index in [1.807, 2.05) is 0 Å². The van der Waals surface area contributed by atoms with Crippen LogP contribution in [0.25, 0.3) is 0 Å². The molecule has 0 saturated carbocycles. The Hall–Kier alpha value is -0.170. The van der Waals surface area contributed by atoms with Crippen molar-refractivity contribution in [3.8, 4) is 0 Å². The molecule has 6 heteroatoms. The molecule has 0 unspecified atom stereocenters. The molecular formula is C9H21NO4S. The fourth-order valence-corrected chi connectivity index (χ4v) is 2.46. The first kappa shape index (κ1) is 14.8. The Bertz CT molecular complexity index is 268. The Morgan fingerprint density at radius 3 is 2.13 bits per heavy atom. The van der Waals surface area contributed by atoms with Crippen LogP contribution in [0.2, 0.25) is 0 Å². The van der Waals surface area contributed by atoms with Crippen molar-refractivity contribution in [1.82, 2.24) is 4.31 Å². The predicted molar refractivity (Wildman–Crippen MR) is 59.2 cm³/mol. The molecule has 0 saturated heterocycles. The van der Waals surface area contributed by atoms with E-state index in [2.05, 4.69) is 0 Å². The maximum atomic E-state index is 12.0. The lowest BCUT2D eigenvalue weighted by Gasteiger charge is -2.29. The third-order valence-electron chi connectivity index (χ3n) is 2.01. The molecule has 0 amide bonds. The van der Waals surface area contributed by atoms with Gasteiger partial charge in [0.1, 0.15) is 0 Å². The first-order chi connectivity index (χ1) is 6.77. The molecule has 1 N–H and O–H groups in total. The molecule has 0 fully saturated rings. The van der Waals surface area contributed by atoms with Gasteiger partial charge < -0.3 is 9.84 Å². The summed E-state index contributed by atoms with van der Waals surface area (Å²) in [7, 11) is -1.86. The van der Waals surface area contributed by atoms with Gasteiger partial charge in [-0.2, -0.15) is 4.31 Å². The average molecular weight is 239 g/mol. The van der Waals surface area contributed by atoms with Crippen molar-refractivity contribution in [3.05, 3.63) is 0 Å². The van der Waals surface area contributed by atoms with Crippen molar-refractivity contribution in [2.24, 2.45) is 0 Å². The number of hydrogen-bond donors (Lipinski definition) is 1. The smallest absolute Gasteiger partial charge is 0.219 e. The largest absolute Gasteiger partial charge is 0.395 e. The molecule has 0 heterocycles. The molecule has 0 radical (unpaired) electrons. The summed E-state index contributed by atoms with van der Waals surface area (Å²) in [4.78, 5) is 0. The highest BCUT2D eigenvalue weighted by Crippen LogP contribution is 2.19. The minimum absolute atomic E-state index is 0.114. The van der Waals surface area contributed by atoms with Gasteiger partial charge in [0.15, 0.2) is 0 Å². The number of ether oxygens (including phenoxy) is 1. The summed E-state index contributed by atoms with van der Waals surface area (Å²) in [5.74, 6) is 0. The van der Waals surface area contributed by atoms with Crippen molar-refractivity contribution in [1.29, 1.82) is 0 Å². The Kier molecular flexibility index (Phi) is 5.72. The molecule has 15 heavy (non-hydrogen) atoms. The molecule has 0 aromatic carbocycles. The van der Waals surface area contributed by atoms with E-state index in [0.717, 1.165) is 0 Å². The normalized spacial score (nSPS) is 13.5. The summed E-state index contributed by atoms with van der Waals surface area (Å²) >= 11 is 0. The molecule has 0 bridgehead atoms. The van der Waals surface area contributed by atoms with Crippen molar-refractivity contribution in [3.63, 3.8) is 0 Å². The van der Waals surface area contributed by atoms with Crippen molar-refractivity contribution in [2.75, 3.05) is 33.4 Å². The lowest BCUT2D eigenvalue weighted by Crippen LogP contribution is -2.45. The van der Waals surface area contributed by atoms with Crippen molar-refractivity contribution in [2.45, 2.75) is 25.5 Å². The topological polar surface area (TPSA) is 66.8 Å². The van der Waals surface area contributed by atoms with E-state index in [1.165, 1.54) is 11.4 Å². The molecule has 0 aliphatic rings. The Morgan fingerprint density at radius 2 is 1.80 bits per heavy atom. The highest BCUT2D eigenvalue weighted by atomic mass is 32.2. The standard InChI is InChI=1S/C9H21NO4S/c1-9(2,3)15(12,13)10(5-7-11)6-8-14-4/h11H,5-8H2,1-4H3. The van der Waals surface area contributed by atoms with Crippen LogP contribution in [-0.4, -0.2) is 56.0 Å². The van der Waals surface area contributed by atoms with E-state index < -0.39 is 14.8 Å². The van der Waals surface area contributed by atoms with Crippen LogP contribution in [0.3, 0.4) is 0 Å². The van der Waals surface area contributed by atoms with Gasteiger partial charge >= 0.3 is 0 Å². The van der Waals surface area contributed by atoms with Crippen LogP contribution in [0, 0.1) is 0 Å². The molecule has 0 aromatic heterocycles. The van der Waals surface area contributed by atoms with Gasteiger partial charge in [-0.15, -0.1) is 0 Å². The molecule has 0 aromatic rings. The van der Waals surface area contributed by atoms with Crippen LogP contribution >= 0.6 is 0 Å². The zero-order chi connectivity index (χ0) is 12.1. The van der Waals surface area contributed by atoms with E-state index in [9.17, 15) is 8.42 Å². The monoisotopic (exact) mass is 239 g/mol. The van der Waals surface area contributed by atoms with Crippen molar-refractivity contribution < 1.29 is 18.3 Å². The quantitative estimate of drug-likeness (QED) is 0.711. The van der Waals surface area contributed by atoms with E-state index in [0.29, 0.717) is 6.61 Å². The van der Waals surface area contributed by atoms with Gasteiger partial charge in [-0.3, -0.25) is 0 Å². The molecular weight excluding hydrogens is 218 g/mol. The van der Waals surface area contributed by atoms with Crippen LogP contribution in [0.15, 0.2) is 0 Å². The van der Waals surface area contributed by atoms with Gasteiger partial charge in [0, 0.05) is 20.2 Å². The van der Waals surface area contributed by atoms with Gasteiger partial charge in [0.2, 0.25) is 10.0 Å². The van der Waals surface area contributed by atoms with Gasteiger partial charge in [0.05, 0.1) is 18.0 Å². The summed E-state index contributed by atoms with van der Waals surface area (Å²) in [6.07, 6.45) is 0. The molecule has 0 rings (SSSR count). The molecule has 0 aliphatic heterocycles. The second-order valence-electron chi connectivity index (χ2n) is 4.23. The van der Waals surface area contributed by atoms with Crippen LogP contribution in [0.5, 0.6) is 0 Å². The third-order valence-corrected chi connectivity index (χ3v) is 4.60. The van der Waals surface area contributed by atoms with E-state index >= 15 is 0 Å². The lowest BCUT2D eigenvalue weighted by molar-refractivity contribution is 0.167. The van der Waals surface area contributed by atoms with E-state index in [-0.39, 0.29) is 19.7 Å². The SMILES string of the molecule is COCCN(CCO)S(=O)(=O)C(C)(C)C. The lowest BCUT2D eigenvalue weighted by atomic mass is 10.3. The highest BCUT2D eigenvalue weighted by Gasteiger charge is 2.34. The maximum Gasteiger partial charge on any atom is 0.219 e. The Balaban J connectivity index is 4.75. The fraction of sp³-hybridized carbons (Fsp3) is 1.00. The molecule has 5 nitrogen and oxygen atoms in total. The number of methoxy groups -OCH3 is 1.